The molecule has 176 valence electrons. The van der Waals surface area contributed by atoms with Crippen molar-refractivity contribution in [3.8, 4) is 16.9 Å². The highest BCUT2D eigenvalue weighted by atomic mass is 16.5. The molecule has 2 nitrogen and oxygen atoms in total. The van der Waals surface area contributed by atoms with Crippen LogP contribution in [0.3, 0.4) is 0 Å². The lowest BCUT2D eigenvalue weighted by molar-refractivity contribution is 0.104. The standard InChI is InChI=1S/C30H28O2.C2H6.H2/c1-7-23(17-22(5)28-16-14-25(29(31)8-2)19-30(28)32-6)24-13-15-27(21(4)18-24)26-12-10-9-11-20(26)3;1-2;/h7-19H,1-2,5H2,3-4,6H3;1-2H3;1H/b23-17+;;. The molecule has 0 saturated heterocycles. The van der Waals surface area contributed by atoms with Gasteiger partial charge in [0.15, 0.2) is 5.78 Å². The molecule has 0 fully saturated rings. The minimum Gasteiger partial charge on any atom is -0.496 e. The van der Waals surface area contributed by atoms with Gasteiger partial charge >= 0.3 is 0 Å². The van der Waals surface area contributed by atoms with Crippen LogP contribution in [0, 0.1) is 13.8 Å². The Morgan fingerprint density at radius 2 is 1.50 bits per heavy atom. The van der Waals surface area contributed by atoms with Gasteiger partial charge in [0.1, 0.15) is 5.75 Å². The van der Waals surface area contributed by atoms with Gasteiger partial charge in [0.2, 0.25) is 0 Å². The van der Waals surface area contributed by atoms with Gasteiger partial charge in [-0.15, -0.1) is 0 Å². The first-order valence-corrected chi connectivity index (χ1v) is 11.4. The lowest BCUT2D eigenvalue weighted by Gasteiger charge is -2.13. The Labute approximate surface area is 206 Å². The smallest absolute Gasteiger partial charge is 0.185 e. The molecule has 0 aromatic heterocycles. The van der Waals surface area contributed by atoms with Crippen molar-refractivity contribution in [3.05, 3.63) is 126 Å². The molecule has 0 aliphatic rings. The lowest BCUT2D eigenvalue weighted by Crippen LogP contribution is -1.97. The molecule has 0 heterocycles. The van der Waals surface area contributed by atoms with Gasteiger partial charge in [0.05, 0.1) is 7.11 Å². The fourth-order valence-corrected chi connectivity index (χ4v) is 3.77. The average molecular weight is 453 g/mol. The van der Waals surface area contributed by atoms with Crippen molar-refractivity contribution in [2.75, 3.05) is 7.11 Å². The number of hydrogen-bond donors (Lipinski definition) is 0. The van der Waals surface area contributed by atoms with E-state index in [2.05, 4.69) is 76.0 Å². The molecule has 0 N–H and O–H groups in total. The lowest BCUT2D eigenvalue weighted by atomic mass is 9.92. The normalized spacial score (nSPS) is 10.6. The average Bonchev–Trinajstić information content (AvgIpc) is 2.87. The van der Waals surface area contributed by atoms with E-state index in [1.165, 1.54) is 28.3 Å². The van der Waals surface area contributed by atoms with Crippen molar-refractivity contribution in [1.82, 2.24) is 0 Å². The van der Waals surface area contributed by atoms with Crippen LogP contribution in [-0.4, -0.2) is 12.9 Å². The van der Waals surface area contributed by atoms with Crippen LogP contribution in [0.4, 0.5) is 0 Å². The molecule has 2 heteroatoms. The Hall–Kier alpha value is -3.91. The van der Waals surface area contributed by atoms with Crippen molar-refractivity contribution in [1.29, 1.82) is 0 Å². The molecule has 0 bridgehead atoms. The molecule has 0 aliphatic carbocycles. The molecule has 3 rings (SSSR count). The van der Waals surface area contributed by atoms with Gasteiger partial charge < -0.3 is 4.74 Å². The topological polar surface area (TPSA) is 26.3 Å². The predicted molar refractivity (Wildman–Crippen MR) is 150 cm³/mol. The van der Waals surface area contributed by atoms with Gasteiger partial charge in [-0.3, -0.25) is 4.79 Å². The maximum Gasteiger partial charge on any atom is 0.185 e. The predicted octanol–water partition coefficient (Wildman–Crippen LogP) is 8.90. The Morgan fingerprint density at radius 3 is 2.09 bits per heavy atom. The SMILES string of the molecule is C=CC(=O)c1ccc(C(=C)/C=C(\C=C)c2ccc(-c3ccccc3C)c(C)c2)c(OC)c1.CC.[HH]. The van der Waals surface area contributed by atoms with Crippen LogP contribution in [0.1, 0.15) is 47.9 Å². The molecule has 3 aromatic rings. The van der Waals surface area contributed by atoms with Crippen LogP contribution in [0.5, 0.6) is 5.75 Å². The van der Waals surface area contributed by atoms with E-state index in [0.29, 0.717) is 11.3 Å². The first-order valence-electron chi connectivity index (χ1n) is 11.4. The van der Waals surface area contributed by atoms with Crippen LogP contribution in [0.25, 0.3) is 22.3 Å². The zero-order chi connectivity index (χ0) is 25.3. The largest absolute Gasteiger partial charge is 0.496 e. The number of carbonyl (C=O) groups excluding carboxylic acids is 1. The zero-order valence-corrected chi connectivity index (χ0v) is 20.9. The summed E-state index contributed by atoms with van der Waals surface area (Å²) in [4.78, 5) is 11.9. The summed E-state index contributed by atoms with van der Waals surface area (Å²) < 4.78 is 5.52. The van der Waals surface area contributed by atoms with Crippen LogP contribution in [-0.2, 0) is 0 Å². The maximum absolute atomic E-state index is 11.9. The van der Waals surface area contributed by atoms with E-state index in [9.17, 15) is 4.79 Å². The van der Waals surface area contributed by atoms with E-state index < -0.39 is 0 Å². The van der Waals surface area contributed by atoms with Gasteiger partial charge in [0.25, 0.3) is 0 Å². The van der Waals surface area contributed by atoms with E-state index in [-0.39, 0.29) is 7.21 Å². The summed E-state index contributed by atoms with van der Waals surface area (Å²) in [6, 6.07) is 20.2. The second kappa shape index (κ2) is 12.4. The molecule has 0 spiro atoms. The van der Waals surface area contributed by atoms with Crippen molar-refractivity contribution in [2.45, 2.75) is 27.7 Å². The molecule has 0 amide bonds. The van der Waals surface area contributed by atoms with Crippen molar-refractivity contribution in [2.24, 2.45) is 0 Å². The third kappa shape index (κ3) is 5.90. The monoisotopic (exact) mass is 452 g/mol. The number of hydrogen-bond acceptors (Lipinski definition) is 2. The van der Waals surface area contributed by atoms with Gasteiger partial charge in [-0.05, 0) is 77.1 Å². The molecule has 0 atom stereocenters. The number of allylic oxidation sites excluding steroid dienone is 5. The summed E-state index contributed by atoms with van der Waals surface area (Å²) >= 11 is 0. The van der Waals surface area contributed by atoms with Gasteiger partial charge in [-0.25, -0.2) is 0 Å². The molecule has 3 aromatic carbocycles. The Bertz CT molecular complexity index is 1250. The van der Waals surface area contributed by atoms with Crippen molar-refractivity contribution >= 4 is 16.9 Å². The van der Waals surface area contributed by atoms with Crippen LogP contribution in [0.15, 0.2) is 98.6 Å². The fourth-order valence-electron chi connectivity index (χ4n) is 3.77. The third-order valence-corrected chi connectivity index (χ3v) is 5.56. The van der Waals surface area contributed by atoms with Crippen LogP contribution in [0.2, 0.25) is 0 Å². The highest BCUT2D eigenvalue weighted by Crippen LogP contribution is 2.32. The molecular formula is C32H36O2. The van der Waals surface area contributed by atoms with E-state index in [1.807, 2.05) is 32.1 Å². The quantitative estimate of drug-likeness (QED) is 0.194. The zero-order valence-electron chi connectivity index (χ0n) is 20.9. The summed E-state index contributed by atoms with van der Waals surface area (Å²) in [7, 11) is 1.58. The second-order valence-corrected chi connectivity index (χ2v) is 7.66. The number of carbonyl (C=O) groups is 1. The van der Waals surface area contributed by atoms with E-state index in [4.69, 9.17) is 4.74 Å². The number of ether oxygens (including phenoxy) is 1. The molecular weight excluding hydrogens is 416 g/mol. The number of aryl methyl sites for hydroxylation is 2. The fraction of sp³-hybridized carbons (Fsp3) is 0.156. The highest BCUT2D eigenvalue weighted by molar-refractivity contribution is 6.05. The molecule has 0 saturated carbocycles. The number of ketones is 1. The summed E-state index contributed by atoms with van der Waals surface area (Å²) in [5.74, 6) is 0.445. The second-order valence-electron chi connectivity index (χ2n) is 7.66. The van der Waals surface area contributed by atoms with Crippen LogP contribution >= 0.6 is 0 Å². The van der Waals surface area contributed by atoms with Gasteiger partial charge in [0, 0.05) is 12.6 Å². The third-order valence-electron chi connectivity index (χ3n) is 5.56. The molecule has 0 aliphatic heterocycles. The number of benzene rings is 3. The summed E-state index contributed by atoms with van der Waals surface area (Å²) in [5.41, 5.74) is 9.06. The van der Waals surface area contributed by atoms with E-state index in [1.54, 1.807) is 19.2 Å². The Kier molecular flexibility index (Phi) is 9.58. The molecule has 34 heavy (non-hydrogen) atoms. The minimum absolute atomic E-state index is 0. The van der Waals surface area contributed by atoms with Crippen molar-refractivity contribution < 1.29 is 11.0 Å². The summed E-state index contributed by atoms with van der Waals surface area (Å²) in [6.07, 6.45) is 5.11. The molecule has 0 radical (unpaired) electrons. The number of rotatable bonds is 8. The van der Waals surface area contributed by atoms with Gasteiger partial charge in [-0.2, -0.15) is 0 Å². The van der Waals surface area contributed by atoms with Crippen molar-refractivity contribution in [3.63, 3.8) is 0 Å². The van der Waals surface area contributed by atoms with E-state index in [0.717, 1.165) is 22.3 Å². The Morgan fingerprint density at radius 1 is 0.853 bits per heavy atom. The summed E-state index contributed by atoms with van der Waals surface area (Å²) in [6.45, 7) is 20.0. The van der Waals surface area contributed by atoms with Crippen LogP contribution < -0.4 is 4.74 Å². The highest BCUT2D eigenvalue weighted by Gasteiger charge is 2.11. The molecule has 0 unspecified atom stereocenters. The van der Waals surface area contributed by atoms with Gasteiger partial charge in [-0.1, -0.05) is 88.2 Å². The first kappa shape index (κ1) is 26.3. The Balaban J connectivity index is 0.00000199. The number of methoxy groups -OCH3 is 1. The first-order chi connectivity index (χ1) is 16.4. The minimum atomic E-state index is -0.146. The summed E-state index contributed by atoms with van der Waals surface area (Å²) in [5, 5.41) is 0. The maximum atomic E-state index is 11.9. The van der Waals surface area contributed by atoms with E-state index >= 15 is 0 Å².